The highest BCUT2D eigenvalue weighted by Crippen LogP contribution is 2.28. The third kappa shape index (κ3) is 2.24. The van der Waals surface area contributed by atoms with Crippen molar-refractivity contribution in [1.29, 1.82) is 0 Å². The van der Waals surface area contributed by atoms with Gasteiger partial charge >= 0.3 is 0 Å². The fraction of sp³-hybridized carbons (Fsp3) is 0.357. The number of rotatable bonds is 2. The Morgan fingerprint density at radius 2 is 2.00 bits per heavy atom. The smallest absolute Gasteiger partial charge is 0.108 e. The molecule has 3 heteroatoms. The van der Waals surface area contributed by atoms with E-state index in [0.29, 0.717) is 5.88 Å². The molecule has 17 heavy (non-hydrogen) atoms. The van der Waals surface area contributed by atoms with E-state index in [0.717, 1.165) is 10.7 Å². The number of hydrogen-bond donors (Lipinski definition) is 0. The van der Waals surface area contributed by atoms with Crippen LogP contribution in [0.1, 0.15) is 29.0 Å². The first kappa shape index (κ1) is 11.2. The summed E-state index contributed by atoms with van der Waals surface area (Å²) in [7, 11) is 0. The van der Waals surface area contributed by atoms with Gasteiger partial charge in [-0.15, -0.1) is 22.9 Å². The Morgan fingerprint density at radius 3 is 2.76 bits per heavy atom. The number of alkyl halides is 1. The Bertz CT molecular complexity index is 533. The number of fused-ring (bicyclic) bond motifs is 1. The average molecular weight is 264 g/mol. The first-order valence-electron chi connectivity index (χ1n) is 5.99. The summed E-state index contributed by atoms with van der Waals surface area (Å²) in [5, 5.41) is 3.10. The van der Waals surface area contributed by atoms with Gasteiger partial charge in [-0.3, -0.25) is 0 Å². The van der Waals surface area contributed by atoms with Crippen LogP contribution < -0.4 is 0 Å². The zero-order chi connectivity index (χ0) is 11.7. The molecular weight excluding hydrogens is 250 g/mol. The largest absolute Gasteiger partial charge is 0.240 e. The Labute approximate surface area is 110 Å². The van der Waals surface area contributed by atoms with E-state index >= 15 is 0 Å². The van der Waals surface area contributed by atoms with Crippen LogP contribution in [-0.2, 0) is 18.7 Å². The number of halogens is 1. The number of hydrogen-bond acceptors (Lipinski definition) is 2. The van der Waals surface area contributed by atoms with Crippen LogP contribution in [0.5, 0.6) is 0 Å². The van der Waals surface area contributed by atoms with Gasteiger partial charge in [-0.1, -0.05) is 12.1 Å². The lowest BCUT2D eigenvalue weighted by Crippen LogP contribution is -2.02. The van der Waals surface area contributed by atoms with Crippen molar-refractivity contribution < 1.29 is 0 Å². The van der Waals surface area contributed by atoms with Crippen molar-refractivity contribution in [3.05, 3.63) is 39.7 Å². The van der Waals surface area contributed by atoms with E-state index in [-0.39, 0.29) is 0 Å². The molecule has 1 aliphatic rings. The molecule has 0 saturated heterocycles. The van der Waals surface area contributed by atoms with Gasteiger partial charge in [0.2, 0.25) is 0 Å². The highest BCUT2D eigenvalue weighted by Gasteiger charge is 2.11. The molecule has 88 valence electrons. The van der Waals surface area contributed by atoms with E-state index in [9.17, 15) is 0 Å². The monoisotopic (exact) mass is 263 g/mol. The Balaban J connectivity index is 1.97. The van der Waals surface area contributed by atoms with Crippen molar-refractivity contribution in [3.8, 4) is 11.3 Å². The molecule has 0 saturated carbocycles. The van der Waals surface area contributed by atoms with Gasteiger partial charge in [0.15, 0.2) is 0 Å². The van der Waals surface area contributed by atoms with E-state index < -0.39 is 0 Å². The van der Waals surface area contributed by atoms with Crippen LogP contribution in [0, 0.1) is 0 Å². The number of thiazole rings is 1. The zero-order valence-corrected chi connectivity index (χ0v) is 11.2. The highest BCUT2D eigenvalue weighted by molar-refractivity contribution is 7.10. The normalized spacial score (nSPS) is 14.6. The third-order valence-electron chi connectivity index (χ3n) is 3.31. The molecule has 1 aromatic carbocycles. The molecule has 0 N–H and O–H groups in total. The predicted octanol–water partition coefficient (Wildman–Crippen LogP) is 4.43. The minimum absolute atomic E-state index is 0.510. The van der Waals surface area contributed by atoms with Gasteiger partial charge in [0.25, 0.3) is 0 Å². The van der Waals surface area contributed by atoms with Gasteiger partial charge in [-0.2, -0.15) is 0 Å². The SMILES string of the molecule is ClCc1nc(-c2ccc3c(c2)CCCC3)cs1. The van der Waals surface area contributed by atoms with E-state index in [4.69, 9.17) is 11.6 Å². The summed E-state index contributed by atoms with van der Waals surface area (Å²) in [5.41, 5.74) is 5.33. The Kier molecular flexibility index (Phi) is 3.17. The number of nitrogens with zero attached hydrogens (tertiary/aromatic N) is 1. The minimum atomic E-state index is 0.510. The fourth-order valence-electron chi connectivity index (χ4n) is 2.40. The zero-order valence-electron chi connectivity index (χ0n) is 9.58. The summed E-state index contributed by atoms with van der Waals surface area (Å²) in [6, 6.07) is 6.77. The van der Waals surface area contributed by atoms with Crippen molar-refractivity contribution >= 4 is 22.9 Å². The highest BCUT2D eigenvalue weighted by atomic mass is 35.5. The molecule has 1 aliphatic carbocycles. The maximum atomic E-state index is 5.79. The lowest BCUT2D eigenvalue weighted by molar-refractivity contribution is 0.686. The number of aromatic nitrogens is 1. The van der Waals surface area contributed by atoms with E-state index in [1.54, 1.807) is 11.3 Å². The van der Waals surface area contributed by atoms with Crippen molar-refractivity contribution in [3.63, 3.8) is 0 Å². The van der Waals surface area contributed by atoms with Crippen LogP contribution >= 0.6 is 22.9 Å². The maximum absolute atomic E-state index is 5.79. The predicted molar refractivity (Wildman–Crippen MR) is 73.7 cm³/mol. The van der Waals surface area contributed by atoms with Crippen LogP contribution in [-0.4, -0.2) is 4.98 Å². The molecule has 0 aliphatic heterocycles. The van der Waals surface area contributed by atoms with Gasteiger partial charge in [0.05, 0.1) is 11.6 Å². The van der Waals surface area contributed by atoms with E-state index in [1.165, 1.54) is 42.4 Å². The molecule has 0 bridgehead atoms. The molecule has 0 unspecified atom stereocenters. The minimum Gasteiger partial charge on any atom is -0.240 e. The first-order chi connectivity index (χ1) is 8.36. The summed E-state index contributed by atoms with van der Waals surface area (Å²) in [6.45, 7) is 0. The van der Waals surface area contributed by atoms with Crippen molar-refractivity contribution in [2.45, 2.75) is 31.6 Å². The second kappa shape index (κ2) is 4.79. The summed E-state index contributed by atoms with van der Waals surface area (Å²) in [5.74, 6) is 0.510. The molecule has 0 fully saturated rings. The molecule has 1 aromatic heterocycles. The van der Waals surface area contributed by atoms with Crippen molar-refractivity contribution in [2.75, 3.05) is 0 Å². The summed E-state index contributed by atoms with van der Waals surface area (Å²) < 4.78 is 0. The summed E-state index contributed by atoms with van der Waals surface area (Å²) >= 11 is 7.43. The van der Waals surface area contributed by atoms with Gasteiger partial charge in [-0.25, -0.2) is 4.98 Å². The molecule has 1 heterocycles. The van der Waals surface area contributed by atoms with Crippen LogP contribution in [0.15, 0.2) is 23.6 Å². The Morgan fingerprint density at radius 1 is 1.18 bits per heavy atom. The number of benzene rings is 1. The van der Waals surface area contributed by atoms with Gasteiger partial charge in [-0.05, 0) is 42.9 Å². The first-order valence-corrected chi connectivity index (χ1v) is 7.41. The standard InChI is InChI=1S/C14H14ClNS/c15-8-14-16-13(9-17-14)12-6-5-10-3-1-2-4-11(10)7-12/h5-7,9H,1-4,8H2. The van der Waals surface area contributed by atoms with Gasteiger partial charge in [0.1, 0.15) is 5.01 Å². The van der Waals surface area contributed by atoms with Crippen molar-refractivity contribution in [1.82, 2.24) is 4.98 Å². The third-order valence-corrected chi connectivity index (χ3v) is 4.57. The topological polar surface area (TPSA) is 12.9 Å². The lowest BCUT2D eigenvalue weighted by atomic mass is 9.90. The molecular formula is C14H14ClNS. The molecule has 0 spiro atoms. The Hall–Kier alpha value is -0.860. The second-order valence-corrected chi connectivity index (χ2v) is 5.66. The quantitative estimate of drug-likeness (QED) is 0.731. The maximum Gasteiger partial charge on any atom is 0.108 e. The molecule has 2 aromatic rings. The lowest BCUT2D eigenvalue weighted by Gasteiger charge is -2.16. The fourth-order valence-corrected chi connectivity index (χ4v) is 3.30. The van der Waals surface area contributed by atoms with Crippen LogP contribution in [0.4, 0.5) is 0 Å². The van der Waals surface area contributed by atoms with E-state index in [2.05, 4.69) is 28.6 Å². The molecule has 3 rings (SSSR count). The molecule has 0 atom stereocenters. The van der Waals surface area contributed by atoms with Crippen LogP contribution in [0.25, 0.3) is 11.3 Å². The molecule has 0 radical (unpaired) electrons. The molecule has 0 amide bonds. The van der Waals surface area contributed by atoms with Crippen LogP contribution in [0.3, 0.4) is 0 Å². The molecule has 1 nitrogen and oxygen atoms in total. The van der Waals surface area contributed by atoms with Crippen molar-refractivity contribution in [2.24, 2.45) is 0 Å². The summed E-state index contributed by atoms with van der Waals surface area (Å²) in [6.07, 6.45) is 5.11. The van der Waals surface area contributed by atoms with Gasteiger partial charge < -0.3 is 0 Å². The number of aryl methyl sites for hydroxylation is 2. The average Bonchev–Trinajstić information content (AvgIpc) is 2.87. The van der Waals surface area contributed by atoms with E-state index in [1.807, 2.05) is 0 Å². The summed E-state index contributed by atoms with van der Waals surface area (Å²) in [4.78, 5) is 4.53. The van der Waals surface area contributed by atoms with Crippen LogP contribution in [0.2, 0.25) is 0 Å². The second-order valence-electron chi connectivity index (χ2n) is 4.45. The van der Waals surface area contributed by atoms with Gasteiger partial charge in [0, 0.05) is 10.9 Å².